The number of nitrogens with one attached hydrogen (secondary N) is 3. The molecule has 0 spiro atoms. The molecule has 0 unspecified atom stereocenters. The van der Waals surface area contributed by atoms with Gasteiger partial charge < -0.3 is 16.0 Å². The molecular weight excluding hydrogens is 395 g/mol. The molecule has 122 valence electrons. The van der Waals surface area contributed by atoms with E-state index in [9.17, 15) is 0 Å². The molecule has 0 aliphatic carbocycles. The lowest BCUT2D eigenvalue weighted by atomic mass is 10.4. The maximum atomic E-state index is 4.47. The molecule has 2 heterocycles. The van der Waals surface area contributed by atoms with Gasteiger partial charge in [-0.05, 0) is 13.8 Å². The van der Waals surface area contributed by atoms with Crippen LogP contribution >= 0.6 is 24.0 Å². The van der Waals surface area contributed by atoms with Gasteiger partial charge in [0, 0.05) is 26.7 Å². The highest BCUT2D eigenvalue weighted by atomic mass is 127. The molecular formula is C13H23IN8. The predicted octanol–water partition coefficient (Wildman–Crippen LogP) is 0.968. The first-order chi connectivity index (χ1) is 10.3. The van der Waals surface area contributed by atoms with Gasteiger partial charge >= 0.3 is 0 Å². The van der Waals surface area contributed by atoms with Crippen LogP contribution in [0.15, 0.2) is 17.5 Å². The topological polar surface area (TPSA) is 92.1 Å². The minimum Gasteiger partial charge on any atom is -0.367 e. The van der Waals surface area contributed by atoms with Crippen LogP contribution in [-0.2, 0) is 7.05 Å². The van der Waals surface area contributed by atoms with E-state index in [1.807, 2.05) is 20.9 Å². The lowest BCUT2D eigenvalue weighted by molar-refractivity contribution is 0.785. The summed E-state index contributed by atoms with van der Waals surface area (Å²) in [5.41, 5.74) is 0.817. The van der Waals surface area contributed by atoms with E-state index in [4.69, 9.17) is 0 Å². The molecule has 0 aliphatic rings. The third kappa shape index (κ3) is 4.68. The van der Waals surface area contributed by atoms with E-state index in [0.717, 1.165) is 35.9 Å². The Balaban J connectivity index is 0.00000242. The Kier molecular flexibility index (Phi) is 7.85. The maximum Gasteiger partial charge on any atom is 0.191 e. The molecule has 0 fully saturated rings. The zero-order valence-electron chi connectivity index (χ0n) is 13.1. The van der Waals surface area contributed by atoms with Crippen LogP contribution in [0.3, 0.4) is 0 Å². The zero-order valence-corrected chi connectivity index (χ0v) is 15.5. The van der Waals surface area contributed by atoms with Gasteiger partial charge in [-0.25, -0.2) is 9.97 Å². The number of aliphatic imine (C=N–C) groups is 1. The van der Waals surface area contributed by atoms with Crippen LogP contribution in [0.4, 0.5) is 5.82 Å². The predicted molar refractivity (Wildman–Crippen MR) is 99.9 cm³/mol. The summed E-state index contributed by atoms with van der Waals surface area (Å²) in [6.45, 7) is 7.14. The molecule has 0 saturated heterocycles. The summed E-state index contributed by atoms with van der Waals surface area (Å²) < 4.78 is 1.73. The summed E-state index contributed by atoms with van der Waals surface area (Å²) in [5.74, 6) is 1.62. The molecule has 9 heteroatoms. The SMILES string of the molecule is CCNC(=NCCNc1ncnc2c1cnn2C)NCC.I. The van der Waals surface area contributed by atoms with Crippen LogP contribution < -0.4 is 16.0 Å². The monoisotopic (exact) mass is 418 g/mol. The van der Waals surface area contributed by atoms with Crippen molar-refractivity contribution in [2.45, 2.75) is 13.8 Å². The molecule has 2 aromatic heterocycles. The average Bonchev–Trinajstić information content (AvgIpc) is 2.86. The molecule has 3 N–H and O–H groups in total. The van der Waals surface area contributed by atoms with Crippen LogP contribution in [0.2, 0.25) is 0 Å². The van der Waals surface area contributed by atoms with Gasteiger partial charge in [0.05, 0.1) is 18.1 Å². The van der Waals surface area contributed by atoms with Gasteiger partial charge in [-0.15, -0.1) is 24.0 Å². The van der Waals surface area contributed by atoms with E-state index >= 15 is 0 Å². The largest absolute Gasteiger partial charge is 0.367 e. The fourth-order valence-electron chi connectivity index (χ4n) is 1.95. The number of aryl methyl sites for hydroxylation is 1. The van der Waals surface area contributed by atoms with Crippen molar-refractivity contribution in [3.63, 3.8) is 0 Å². The van der Waals surface area contributed by atoms with E-state index in [0.29, 0.717) is 13.1 Å². The molecule has 0 aliphatic heterocycles. The lowest BCUT2D eigenvalue weighted by Crippen LogP contribution is -2.37. The quantitative estimate of drug-likeness (QED) is 0.280. The molecule has 8 nitrogen and oxygen atoms in total. The van der Waals surface area contributed by atoms with Crippen LogP contribution in [0.5, 0.6) is 0 Å². The van der Waals surface area contributed by atoms with Gasteiger partial charge in [0.1, 0.15) is 12.1 Å². The second-order valence-electron chi connectivity index (χ2n) is 4.45. The number of rotatable bonds is 6. The Morgan fingerprint density at radius 2 is 1.95 bits per heavy atom. The first-order valence-corrected chi connectivity index (χ1v) is 7.15. The fourth-order valence-corrected chi connectivity index (χ4v) is 1.95. The van der Waals surface area contributed by atoms with Crippen LogP contribution in [0.25, 0.3) is 11.0 Å². The Hall–Kier alpha value is -1.65. The van der Waals surface area contributed by atoms with E-state index in [2.05, 4.69) is 36.0 Å². The van der Waals surface area contributed by atoms with E-state index in [1.165, 1.54) is 0 Å². The summed E-state index contributed by atoms with van der Waals surface area (Å²) in [7, 11) is 1.86. The lowest BCUT2D eigenvalue weighted by Gasteiger charge is -2.09. The average molecular weight is 418 g/mol. The molecule has 0 atom stereocenters. The molecule has 0 aromatic carbocycles. The Morgan fingerprint density at radius 3 is 2.64 bits per heavy atom. The minimum atomic E-state index is 0. The number of guanidine groups is 1. The van der Waals surface area contributed by atoms with Gasteiger partial charge in [-0.2, -0.15) is 5.10 Å². The minimum absolute atomic E-state index is 0. The van der Waals surface area contributed by atoms with Crippen LogP contribution in [-0.4, -0.2) is 51.9 Å². The number of hydrogen-bond acceptors (Lipinski definition) is 5. The van der Waals surface area contributed by atoms with Crippen molar-refractivity contribution in [2.24, 2.45) is 12.0 Å². The fraction of sp³-hybridized carbons (Fsp3) is 0.538. The van der Waals surface area contributed by atoms with Gasteiger partial charge in [-0.1, -0.05) is 0 Å². The van der Waals surface area contributed by atoms with Gasteiger partial charge in [-0.3, -0.25) is 9.67 Å². The van der Waals surface area contributed by atoms with Gasteiger partial charge in [0.25, 0.3) is 0 Å². The Morgan fingerprint density at radius 1 is 1.23 bits per heavy atom. The number of nitrogens with zero attached hydrogens (tertiary/aromatic N) is 5. The highest BCUT2D eigenvalue weighted by Gasteiger charge is 2.06. The Labute approximate surface area is 147 Å². The van der Waals surface area contributed by atoms with Gasteiger partial charge in [0.2, 0.25) is 0 Å². The number of anilines is 1. The standard InChI is InChI=1S/C13H22N8.HI/c1-4-14-13(15-5-2)17-7-6-16-11-10-8-20-21(3)12(10)19-9-18-11;/h8-9H,4-7H2,1-3H3,(H2,14,15,17)(H,16,18,19);1H. The van der Waals surface area contributed by atoms with Crippen molar-refractivity contribution in [3.8, 4) is 0 Å². The second kappa shape index (κ2) is 9.38. The third-order valence-electron chi connectivity index (χ3n) is 2.89. The van der Waals surface area contributed by atoms with Crippen molar-refractivity contribution in [1.29, 1.82) is 0 Å². The third-order valence-corrected chi connectivity index (χ3v) is 2.89. The molecule has 22 heavy (non-hydrogen) atoms. The Bertz CT molecular complexity index is 601. The van der Waals surface area contributed by atoms with E-state index in [1.54, 1.807) is 17.2 Å². The van der Waals surface area contributed by atoms with E-state index in [-0.39, 0.29) is 24.0 Å². The van der Waals surface area contributed by atoms with Gasteiger partial charge in [0.15, 0.2) is 11.6 Å². The summed E-state index contributed by atoms with van der Waals surface area (Å²) >= 11 is 0. The number of hydrogen-bond donors (Lipinski definition) is 3. The molecule has 0 bridgehead atoms. The second-order valence-corrected chi connectivity index (χ2v) is 4.45. The summed E-state index contributed by atoms with van der Waals surface area (Å²) in [5, 5.41) is 14.8. The van der Waals surface area contributed by atoms with Crippen LogP contribution in [0.1, 0.15) is 13.8 Å². The molecule has 2 aromatic rings. The highest BCUT2D eigenvalue weighted by Crippen LogP contribution is 2.17. The molecule has 0 amide bonds. The van der Waals surface area contributed by atoms with E-state index < -0.39 is 0 Å². The smallest absolute Gasteiger partial charge is 0.191 e. The first-order valence-electron chi connectivity index (χ1n) is 7.15. The van der Waals surface area contributed by atoms with Crippen molar-refractivity contribution in [1.82, 2.24) is 30.4 Å². The molecule has 0 radical (unpaired) electrons. The number of fused-ring (bicyclic) bond motifs is 1. The number of aromatic nitrogens is 4. The van der Waals surface area contributed by atoms with Crippen molar-refractivity contribution >= 4 is 46.8 Å². The highest BCUT2D eigenvalue weighted by molar-refractivity contribution is 14.0. The first kappa shape index (κ1) is 18.4. The van der Waals surface area contributed by atoms with Crippen molar-refractivity contribution < 1.29 is 0 Å². The van der Waals surface area contributed by atoms with Crippen molar-refractivity contribution in [2.75, 3.05) is 31.5 Å². The number of halogens is 1. The van der Waals surface area contributed by atoms with Crippen LogP contribution in [0, 0.1) is 0 Å². The summed E-state index contributed by atoms with van der Waals surface area (Å²) in [6.07, 6.45) is 3.31. The summed E-state index contributed by atoms with van der Waals surface area (Å²) in [6, 6.07) is 0. The zero-order chi connectivity index (χ0) is 15.1. The summed E-state index contributed by atoms with van der Waals surface area (Å²) in [4.78, 5) is 12.9. The molecule has 2 rings (SSSR count). The maximum absolute atomic E-state index is 4.47. The molecule has 0 saturated carbocycles. The normalized spacial score (nSPS) is 9.95. The van der Waals surface area contributed by atoms with Crippen molar-refractivity contribution in [3.05, 3.63) is 12.5 Å².